The van der Waals surface area contributed by atoms with Crippen molar-refractivity contribution < 1.29 is 4.42 Å². The number of para-hydroxylation sites is 3. The molecular formula is C40H26N2O. The minimum absolute atomic E-state index is 0.891. The predicted molar refractivity (Wildman–Crippen MR) is 181 cm³/mol. The van der Waals surface area contributed by atoms with Gasteiger partial charge in [-0.1, -0.05) is 103 Å². The Balaban J connectivity index is 1.05. The van der Waals surface area contributed by atoms with Crippen LogP contribution in [0.15, 0.2) is 156 Å². The van der Waals surface area contributed by atoms with Gasteiger partial charge in [0.15, 0.2) is 0 Å². The van der Waals surface area contributed by atoms with Crippen molar-refractivity contribution in [3.05, 3.63) is 152 Å². The molecule has 3 heteroatoms. The first-order chi connectivity index (χ1) is 21.3. The third-order valence-corrected chi connectivity index (χ3v) is 8.59. The molecule has 1 N–H and O–H groups in total. The lowest BCUT2D eigenvalue weighted by Crippen LogP contribution is -1.94. The molecule has 9 rings (SSSR count). The standard InChI is InChI=1S/C40H26N2O/c1-2-12-33-30(9-1)35(25-39-40(33)34-13-5-8-16-38(34)43-39)41-28-21-17-26(18-22-28)27-19-23-29(24-20-27)42-36-14-6-3-10-31(36)32-11-4-7-15-37(32)42/h1-25,41H. The van der Waals surface area contributed by atoms with Crippen LogP contribution in [0.5, 0.6) is 0 Å². The van der Waals surface area contributed by atoms with Crippen molar-refractivity contribution in [3.8, 4) is 16.8 Å². The zero-order chi connectivity index (χ0) is 28.3. The van der Waals surface area contributed by atoms with E-state index >= 15 is 0 Å². The minimum atomic E-state index is 0.891. The van der Waals surface area contributed by atoms with E-state index in [0.29, 0.717) is 0 Å². The van der Waals surface area contributed by atoms with Crippen LogP contribution >= 0.6 is 0 Å². The lowest BCUT2D eigenvalue weighted by Gasteiger charge is -2.12. The van der Waals surface area contributed by atoms with Gasteiger partial charge in [-0.15, -0.1) is 0 Å². The molecule has 0 amide bonds. The van der Waals surface area contributed by atoms with Crippen molar-refractivity contribution in [2.24, 2.45) is 0 Å². The van der Waals surface area contributed by atoms with Gasteiger partial charge in [0.2, 0.25) is 0 Å². The van der Waals surface area contributed by atoms with Crippen molar-refractivity contribution in [1.82, 2.24) is 4.57 Å². The number of hydrogen-bond donors (Lipinski definition) is 1. The van der Waals surface area contributed by atoms with Crippen LogP contribution in [-0.2, 0) is 0 Å². The van der Waals surface area contributed by atoms with Crippen LogP contribution in [0.1, 0.15) is 0 Å². The third-order valence-electron chi connectivity index (χ3n) is 8.59. The summed E-state index contributed by atoms with van der Waals surface area (Å²) in [6.07, 6.45) is 0. The van der Waals surface area contributed by atoms with Crippen LogP contribution in [0.3, 0.4) is 0 Å². The van der Waals surface area contributed by atoms with Crippen molar-refractivity contribution in [2.45, 2.75) is 0 Å². The van der Waals surface area contributed by atoms with Gasteiger partial charge in [0.1, 0.15) is 11.2 Å². The zero-order valence-electron chi connectivity index (χ0n) is 23.3. The summed E-state index contributed by atoms with van der Waals surface area (Å²) < 4.78 is 8.61. The number of nitrogens with zero attached hydrogens (tertiary/aromatic N) is 1. The summed E-state index contributed by atoms with van der Waals surface area (Å²) >= 11 is 0. The van der Waals surface area contributed by atoms with Crippen LogP contribution in [0.4, 0.5) is 11.4 Å². The number of furan rings is 1. The van der Waals surface area contributed by atoms with Gasteiger partial charge in [0.05, 0.1) is 16.7 Å². The molecule has 9 aromatic rings. The van der Waals surface area contributed by atoms with E-state index < -0.39 is 0 Å². The van der Waals surface area contributed by atoms with E-state index in [9.17, 15) is 0 Å². The summed E-state index contributed by atoms with van der Waals surface area (Å²) in [6.45, 7) is 0. The number of aromatic nitrogens is 1. The number of fused-ring (bicyclic) bond motifs is 8. The predicted octanol–water partition coefficient (Wildman–Crippen LogP) is 11.2. The topological polar surface area (TPSA) is 30.1 Å². The summed E-state index contributed by atoms with van der Waals surface area (Å²) in [5.41, 5.74) is 9.84. The first-order valence-corrected chi connectivity index (χ1v) is 14.6. The fourth-order valence-corrected chi connectivity index (χ4v) is 6.60. The normalized spacial score (nSPS) is 11.7. The Labute approximate surface area is 248 Å². The number of anilines is 2. The average molecular weight is 551 g/mol. The molecule has 0 unspecified atom stereocenters. The summed E-state index contributed by atoms with van der Waals surface area (Å²) in [5.74, 6) is 0. The molecule has 7 aromatic carbocycles. The Kier molecular flexibility index (Phi) is 5.20. The molecule has 0 aliphatic heterocycles. The first kappa shape index (κ1) is 23.9. The molecule has 0 fully saturated rings. The second-order valence-electron chi connectivity index (χ2n) is 11.1. The molecule has 2 aromatic heterocycles. The highest BCUT2D eigenvalue weighted by molar-refractivity contribution is 6.22. The summed E-state index contributed by atoms with van der Waals surface area (Å²) in [7, 11) is 0. The molecule has 2 heterocycles. The number of rotatable bonds is 4. The number of benzene rings is 7. The number of nitrogens with one attached hydrogen (secondary N) is 1. The smallest absolute Gasteiger partial charge is 0.138 e. The van der Waals surface area contributed by atoms with Crippen molar-refractivity contribution in [1.29, 1.82) is 0 Å². The molecule has 0 atom stereocenters. The monoisotopic (exact) mass is 550 g/mol. The summed E-state index contributed by atoms with van der Waals surface area (Å²) in [5, 5.41) is 10.9. The lowest BCUT2D eigenvalue weighted by atomic mass is 10.0. The van der Waals surface area contributed by atoms with Crippen LogP contribution in [-0.4, -0.2) is 4.57 Å². The van der Waals surface area contributed by atoms with Gasteiger partial charge in [-0.05, 0) is 59.0 Å². The maximum absolute atomic E-state index is 6.26. The number of hydrogen-bond acceptors (Lipinski definition) is 2. The Morgan fingerprint density at radius 2 is 0.977 bits per heavy atom. The van der Waals surface area contributed by atoms with E-state index in [-0.39, 0.29) is 0 Å². The molecule has 0 spiro atoms. The van der Waals surface area contributed by atoms with E-state index in [1.54, 1.807) is 0 Å². The van der Waals surface area contributed by atoms with Crippen LogP contribution < -0.4 is 5.32 Å². The zero-order valence-corrected chi connectivity index (χ0v) is 23.3. The Hall–Kier alpha value is -5.80. The molecule has 0 saturated carbocycles. The summed E-state index contributed by atoms with van der Waals surface area (Å²) in [4.78, 5) is 0. The van der Waals surface area contributed by atoms with Crippen LogP contribution in [0.2, 0.25) is 0 Å². The van der Waals surface area contributed by atoms with E-state index in [1.165, 1.54) is 43.7 Å². The fraction of sp³-hybridized carbons (Fsp3) is 0. The minimum Gasteiger partial charge on any atom is -0.456 e. The Morgan fingerprint density at radius 1 is 0.442 bits per heavy atom. The molecule has 202 valence electrons. The summed E-state index contributed by atoms with van der Waals surface area (Å²) in [6, 6.07) is 53.7. The largest absolute Gasteiger partial charge is 0.456 e. The molecule has 43 heavy (non-hydrogen) atoms. The average Bonchev–Trinajstić information content (AvgIpc) is 3.61. The highest BCUT2D eigenvalue weighted by Gasteiger charge is 2.14. The van der Waals surface area contributed by atoms with E-state index in [0.717, 1.165) is 39.0 Å². The molecule has 0 aliphatic carbocycles. The second kappa shape index (κ2) is 9.37. The fourth-order valence-electron chi connectivity index (χ4n) is 6.60. The molecule has 0 saturated heterocycles. The van der Waals surface area contributed by atoms with E-state index in [4.69, 9.17) is 4.42 Å². The van der Waals surface area contributed by atoms with Crippen molar-refractivity contribution in [2.75, 3.05) is 5.32 Å². The highest BCUT2D eigenvalue weighted by Crippen LogP contribution is 2.39. The quantitative estimate of drug-likeness (QED) is 0.236. The van der Waals surface area contributed by atoms with Gasteiger partial charge < -0.3 is 14.3 Å². The Morgan fingerprint density at radius 3 is 1.65 bits per heavy atom. The van der Waals surface area contributed by atoms with E-state index in [2.05, 4.69) is 149 Å². The van der Waals surface area contributed by atoms with Gasteiger partial charge in [-0.25, -0.2) is 0 Å². The maximum atomic E-state index is 6.26. The van der Waals surface area contributed by atoms with Gasteiger partial charge in [0.25, 0.3) is 0 Å². The SMILES string of the molecule is c1ccc2c(c1)oc1cc(Nc3ccc(-c4ccc(-n5c6ccccc6c6ccccc65)cc4)cc3)c3ccccc3c12. The van der Waals surface area contributed by atoms with Gasteiger partial charge >= 0.3 is 0 Å². The molecule has 0 aliphatic rings. The van der Waals surface area contributed by atoms with Crippen LogP contribution in [0, 0.1) is 0 Å². The van der Waals surface area contributed by atoms with Gasteiger partial charge in [-0.3, -0.25) is 0 Å². The van der Waals surface area contributed by atoms with Crippen LogP contribution in [0.25, 0.3) is 71.3 Å². The molecule has 0 bridgehead atoms. The molecule has 0 radical (unpaired) electrons. The molecule has 3 nitrogen and oxygen atoms in total. The second-order valence-corrected chi connectivity index (χ2v) is 11.1. The lowest BCUT2D eigenvalue weighted by molar-refractivity contribution is 0.669. The van der Waals surface area contributed by atoms with Crippen molar-refractivity contribution in [3.63, 3.8) is 0 Å². The Bertz CT molecular complexity index is 2410. The van der Waals surface area contributed by atoms with Crippen molar-refractivity contribution >= 4 is 65.9 Å². The third kappa shape index (κ3) is 3.75. The molecular weight excluding hydrogens is 524 g/mol. The van der Waals surface area contributed by atoms with Gasteiger partial charge in [-0.2, -0.15) is 0 Å². The van der Waals surface area contributed by atoms with Gasteiger partial charge in [0, 0.05) is 44.4 Å². The maximum Gasteiger partial charge on any atom is 0.138 e. The first-order valence-electron chi connectivity index (χ1n) is 14.6. The highest BCUT2D eigenvalue weighted by atomic mass is 16.3. The van der Waals surface area contributed by atoms with E-state index in [1.807, 2.05) is 12.1 Å².